The number of aryl methyl sites for hydroxylation is 1. The molecule has 2 nitrogen and oxygen atoms in total. The quantitative estimate of drug-likeness (QED) is 0.811. The molecule has 1 aromatic rings. The van der Waals surface area contributed by atoms with Crippen molar-refractivity contribution in [3.63, 3.8) is 0 Å². The second kappa shape index (κ2) is 7.80. The smallest absolute Gasteiger partial charge is 0.0334 e. The lowest BCUT2D eigenvalue weighted by molar-refractivity contribution is 0.232. The highest BCUT2D eigenvalue weighted by atomic mass is 15.1. The van der Waals surface area contributed by atoms with Crippen molar-refractivity contribution in [2.24, 2.45) is 0 Å². The molecular weight excluding hydrogens is 244 g/mol. The lowest BCUT2D eigenvalue weighted by Crippen LogP contribution is -2.33. The second-order valence-corrected chi connectivity index (χ2v) is 6.17. The monoisotopic (exact) mass is 274 g/mol. The van der Waals surface area contributed by atoms with Gasteiger partial charge in [-0.1, -0.05) is 44.0 Å². The fraction of sp³-hybridized carbons (Fsp3) is 0.667. The first-order valence-electron chi connectivity index (χ1n) is 8.21. The summed E-state index contributed by atoms with van der Waals surface area (Å²) in [5.41, 5.74) is 2.87. The van der Waals surface area contributed by atoms with Gasteiger partial charge in [0, 0.05) is 12.1 Å². The summed E-state index contributed by atoms with van der Waals surface area (Å²) < 4.78 is 0. The third-order valence-electron chi connectivity index (χ3n) is 4.73. The van der Waals surface area contributed by atoms with Crippen LogP contribution in [0.3, 0.4) is 0 Å². The summed E-state index contributed by atoms with van der Waals surface area (Å²) in [4.78, 5) is 2.58. The summed E-state index contributed by atoms with van der Waals surface area (Å²) in [5.74, 6) is 0. The maximum absolute atomic E-state index is 3.66. The molecule has 1 aliphatic carbocycles. The van der Waals surface area contributed by atoms with E-state index in [0.29, 0.717) is 6.04 Å². The Kier molecular flexibility index (Phi) is 6.06. The van der Waals surface area contributed by atoms with Gasteiger partial charge in [-0.25, -0.2) is 0 Å². The van der Waals surface area contributed by atoms with Crippen LogP contribution in [0.25, 0.3) is 0 Å². The van der Waals surface area contributed by atoms with Gasteiger partial charge in [-0.2, -0.15) is 0 Å². The van der Waals surface area contributed by atoms with E-state index >= 15 is 0 Å². The normalized spacial score (nSPS) is 17.8. The van der Waals surface area contributed by atoms with Crippen LogP contribution in [0.1, 0.15) is 56.2 Å². The van der Waals surface area contributed by atoms with Crippen molar-refractivity contribution in [3.05, 3.63) is 35.4 Å². The molecule has 20 heavy (non-hydrogen) atoms. The summed E-state index contributed by atoms with van der Waals surface area (Å²) in [6.07, 6.45) is 6.83. The molecule has 1 saturated carbocycles. The molecule has 2 heteroatoms. The first-order chi connectivity index (χ1) is 9.72. The van der Waals surface area contributed by atoms with E-state index in [-0.39, 0.29) is 0 Å². The van der Waals surface area contributed by atoms with Crippen LogP contribution >= 0.6 is 0 Å². The molecule has 0 aromatic heterocycles. The van der Waals surface area contributed by atoms with Crippen LogP contribution in [0.5, 0.6) is 0 Å². The molecular formula is C18H30N2. The largest absolute Gasteiger partial charge is 0.310 e. The molecule has 0 radical (unpaired) electrons. The molecule has 0 bridgehead atoms. The maximum Gasteiger partial charge on any atom is 0.0334 e. The summed E-state index contributed by atoms with van der Waals surface area (Å²) in [7, 11) is 2.30. The van der Waals surface area contributed by atoms with Crippen molar-refractivity contribution in [1.82, 2.24) is 10.2 Å². The van der Waals surface area contributed by atoms with Crippen molar-refractivity contribution in [1.29, 1.82) is 0 Å². The van der Waals surface area contributed by atoms with Gasteiger partial charge in [0.1, 0.15) is 0 Å². The Morgan fingerprint density at radius 1 is 1.25 bits per heavy atom. The molecule has 2 rings (SSSR count). The minimum absolute atomic E-state index is 0.491. The number of hydrogen-bond donors (Lipinski definition) is 1. The van der Waals surface area contributed by atoms with Crippen LogP contribution < -0.4 is 5.32 Å². The Balaban J connectivity index is 1.93. The first kappa shape index (κ1) is 15.5. The lowest BCUT2D eigenvalue weighted by atomic mass is 9.98. The summed E-state index contributed by atoms with van der Waals surface area (Å²) in [6, 6.07) is 10.1. The van der Waals surface area contributed by atoms with Crippen LogP contribution in [0.4, 0.5) is 0 Å². The first-order valence-corrected chi connectivity index (χ1v) is 8.21. The summed E-state index contributed by atoms with van der Waals surface area (Å²) in [6.45, 7) is 6.65. The predicted molar refractivity (Wildman–Crippen MR) is 87.1 cm³/mol. The zero-order valence-electron chi connectivity index (χ0n) is 13.4. The number of nitrogens with one attached hydrogen (secondary N) is 1. The Morgan fingerprint density at radius 2 is 1.95 bits per heavy atom. The summed E-state index contributed by atoms with van der Waals surface area (Å²) >= 11 is 0. The zero-order chi connectivity index (χ0) is 14.4. The van der Waals surface area contributed by atoms with E-state index in [0.717, 1.165) is 12.6 Å². The molecule has 0 heterocycles. The van der Waals surface area contributed by atoms with Crippen LogP contribution in [0.15, 0.2) is 24.3 Å². The molecule has 1 aromatic carbocycles. The van der Waals surface area contributed by atoms with Crippen molar-refractivity contribution < 1.29 is 0 Å². The van der Waals surface area contributed by atoms with Crippen LogP contribution in [0.2, 0.25) is 0 Å². The van der Waals surface area contributed by atoms with Gasteiger partial charge in [-0.3, -0.25) is 0 Å². The number of hydrogen-bond acceptors (Lipinski definition) is 2. The highest BCUT2D eigenvalue weighted by molar-refractivity contribution is 5.28. The van der Waals surface area contributed by atoms with Crippen LogP contribution in [0, 0.1) is 6.92 Å². The molecule has 0 spiro atoms. The lowest BCUT2D eigenvalue weighted by Gasteiger charge is -2.27. The standard InChI is InChI=1S/C18H30N2/c1-4-19-18(17-12-8-5-9-15(17)2)13-14-20(3)16-10-6-7-11-16/h5,8-9,12,16,18-19H,4,6-7,10-11,13-14H2,1-3H3. The van der Waals surface area contributed by atoms with Gasteiger partial charge in [0.25, 0.3) is 0 Å². The predicted octanol–water partition coefficient (Wildman–Crippen LogP) is 3.91. The van der Waals surface area contributed by atoms with Gasteiger partial charge in [0.2, 0.25) is 0 Å². The minimum atomic E-state index is 0.491. The topological polar surface area (TPSA) is 15.3 Å². The number of benzene rings is 1. The van der Waals surface area contributed by atoms with Gasteiger partial charge in [0.05, 0.1) is 0 Å². The Labute approximate surface area is 124 Å². The molecule has 1 N–H and O–H groups in total. The van der Waals surface area contributed by atoms with Crippen molar-refractivity contribution in [2.75, 3.05) is 20.1 Å². The molecule has 1 aliphatic rings. The van der Waals surface area contributed by atoms with Crippen molar-refractivity contribution >= 4 is 0 Å². The van der Waals surface area contributed by atoms with E-state index in [2.05, 4.69) is 55.4 Å². The van der Waals surface area contributed by atoms with Crippen LogP contribution in [-0.2, 0) is 0 Å². The fourth-order valence-electron chi connectivity index (χ4n) is 3.45. The third-order valence-corrected chi connectivity index (χ3v) is 4.73. The van der Waals surface area contributed by atoms with E-state index < -0.39 is 0 Å². The molecule has 112 valence electrons. The van der Waals surface area contributed by atoms with E-state index in [1.165, 1.54) is 49.8 Å². The number of nitrogens with zero attached hydrogens (tertiary/aromatic N) is 1. The molecule has 0 amide bonds. The van der Waals surface area contributed by atoms with Crippen molar-refractivity contribution in [3.8, 4) is 0 Å². The SMILES string of the molecule is CCNC(CCN(C)C1CCCC1)c1ccccc1C. The van der Waals surface area contributed by atoms with Crippen LogP contribution in [-0.4, -0.2) is 31.1 Å². The number of rotatable bonds is 7. The van der Waals surface area contributed by atoms with E-state index in [9.17, 15) is 0 Å². The van der Waals surface area contributed by atoms with E-state index in [1.54, 1.807) is 0 Å². The van der Waals surface area contributed by atoms with Gasteiger partial charge < -0.3 is 10.2 Å². The van der Waals surface area contributed by atoms with E-state index in [1.807, 2.05) is 0 Å². The fourth-order valence-corrected chi connectivity index (χ4v) is 3.45. The third kappa shape index (κ3) is 4.07. The average Bonchev–Trinajstić information content (AvgIpc) is 2.98. The van der Waals surface area contributed by atoms with Gasteiger partial charge >= 0.3 is 0 Å². The second-order valence-electron chi connectivity index (χ2n) is 6.17. The van der Waals surface area contributed by atoms with Crippen molar-refractivity contribution in [2.45, 2.75) is 58.0 Å². The molecule has 1 unspecified atom stereocenters. The van der Waals surface area contributed by atoms with Gasteiger partial charge in [-0.15, -0.1) is 0 Å². The summed E-state index contributed by atoms with van der Waals surface area (Å²) in [5, 5.41) is 3.66. The van der Waals surface area contributed by atoms with E-state index in [4.69, 9.17) is 0 Å². The molecule has 1 atom stereocenters. The highest BCUT2D eigenvalue weighted by Crippen LogP contribution is 2.25. The maximum atomic E-state index is 3.66. The van der Waals surface area contributed by atoms with Gasteiger partial charge in [-0.05, 0) is 57.5 Å². The Bertz CT molecular complexity index is 396. The van der Waals surface area contributed by atoms with Gasteiger partial charge in [0.15, 0.2) is 0 Å². The molecule has 0 aliphatic heterocycles. The Morgan fingerprint density at radius 3 is 2.60 bits per heavy atom. The molecule has 0 saturated heterocycles. The Hall–Kier alpha value is -0.860. The average molecular weight is 274 g/mol. The zero-order valence-corrected chi connectivity index (χ0v) is 13.4. The minimum Gasteiger partial charge on any atom is -0.310 e. The highest BCUT2D eigenvalue weighted by Gasteiger charge is 2.20. The molecule has 1 fully saturated rings.